The van der Waals surface area contributed by atoms with Crippen LogP contribution in [-0.4, -0.2) is 20.7 Å². The highest BCUT2D eigenvalue weighted by Gasteiger charge is 2.04. The van der Waals surface area contributed by atoms with E-state index in [1.807, 2.05) is 23.6 Å². The molecular weight excluding hydrogens is 282 g/mol. The number of carbonyl (C=O) groups is 1. The van der Waals surface area contributed by atoms with Crippen LogP contribution in [-0.2, 0) is 0 Å². The van der Waals surface area contributed by atoms with Crippen molar-refractivity contribution < 1.29 is 4.79 Å². The Labute approximate surface area is 125 Å². The minimum atomic E-state index is -0.0875. The Balaban J connectivity index is 1.76. The number of pyridine rings is 2. The minimum absolute atomic E-state index is 0.0875. The quantitative estimate of drug-likeness (QED) is 0.546. The molecule has 0 saturated heterocycles. The number of carbonyl (C=O) groups excluding carboxylic acids is 1. The third-order valence-electron chi connectivity index (χ3n) is 2.76. The van der Waals surface area contributed by atoms with Crippen LogP contribution in [0.25, 0.3) is 16.8 Å². The summed E-state index contributed by atoms with van der Waals surface area (Å²) in [7, 11) is 0. The Bertz CT molecular complexity index is 766. The predicted molar refractivity (Wildman–Crippen MR) is 82.9 cm³/mol. The third kappa shape index (κ3) is 3.27. The SMILES string of the molecule is O=C(/C=C/c1csc(-c2ccccn2)n1)c1cccnc1. The second-order valence-electron chi connectivity index (χ2n) is 4.23. The Kier molecular flexibility index (Phi) is 3.93. The zero-order valence-corrected chi connectivity index (χ0v) is 11.8. The summed E-state index contributed by atoms with van der Waals surface area (Å²) < 4.78 is 0. The standard InChI is InChI=1S/C16H11N3OS/c20-15(12-4-3-8-17-10-12)7-6-13-11-21-16(19-13)14-5-1-2-9-18-14/h1-11H/b7-6+. The van der Waals surface area contributed by atoms with Gasteiger partial charge in [-0.3, -0.25) is 14.8 Å². The van der Waals surface area contributed by atoms with Gasteiger partial charge in [0.15, 0.2) is 5.78 Å². The summed E-state index contributed by atoms with van der Waals surface area (Å²) in [6.07, 6.45) is 8.14. The Morgan fingerprint density at radius 3 is 2.86 bits per heavy atom. The number of nitrogens with zero attached hydrogens (tertiary/aromatic N) is 3. The molecule has 3 heterocycles. The van der Waals surface area contributed by atoms with E-state index in [1.165, 1.54) is 17.4 Å². The van der Waals surface area contributed by atoms with E-state index < -0.39 is 0 Å². The first-order valence-electron chi connectivity index (χ1n) is 6.32. The highest BCUT2D eigenvalue weighted by Crippen LogP contribution is 2.21. The number of thiazole rings is 1. The molecule has 0 radical (unpaired) electrons. The van der Waals surface area contributed by atoms with Gasteiger partial charge in [0.05, 0.1) is 11.4 Å². The minimum Gasteiger partial charge on any atom is -0.289 e. The second kappa shape index (κ2) is 6.19. The zero-order chi connectivity index (χ0) is 14.5. The van der Waals surface area contributed by atoms with Crippen molar-refractivity contribution in [2.75, 3.05) is 0 Å². The average Bonchev–Trinajstić information content (AvgIpc) is 3.03. The number of hydrogen-bond donors (Lipinski definition) is 0. The number of rotatable bonds is 4. The van der Waals surface area contributed by atoms with Gasteiger partial charge in [-0.1, -0.05) is 6.07 Å². The lowest BCUT2D eigenvalue weighted by molar-refractivity contribution is 0.104. The van der Waals surface area contributed by atoms with E-state index >= 15 is 0 Å². The van der Waals surface area contributed by atoms with Crippen LogP contribution in [0.2, 0.25) is 0 Å². The lowest BCUT2D eigenvalue weighted by Crippen LogP contribution is -1.94. The van der Waals surface area contributed by atoms with Gasteiger partial charge in [-0.15, -0.1) is 11.3 Å². The van der Waals surface area contributed by atoms with Gasteiger partial charge in [-0.25, -0.2) is 4.98 Å². The lowest BCUT2D eigenvalue weighted by Gasteiger charge is -1.93. The molecule has 0 aromatic carbocycles. The topological polar surface area (TPSA) is 55.7 Å². The Morgan fingerprint density at radius 2 is 2.10 bits per heavy atom. The molecule has 0 aliphatic rings. The van der Waals surface area contributed by atoms with Crippen LogP contribution >= 0.6 is 11.3 Å². The molecule has 4 nitrogen and oxygen atoms in total. The van der Waals surface area contributed by atoms with Gasteiger partial charge >= 0.3 is 0 Å². The third-order valence-corrected chi connectivity index (χ3v) is 3.64. The average molecular weight is 293 g/mol. The summed E-state index contributed by atoms with van der Waals surface area (Å²) >= 11 is 1.50. The maximum atomic E-state index is 11.9. The van der Waals surface area contributed by atoms with E-state index in [9.17, 15) is 4.79 Å². The summed E-state index contributed by atoms with van der Waals surface area (Å²) in [5.41, 5.74) is 2.15. The van der Waals surface area contributed by atoms with E-state index in [4.69, 9.17) is 0 Å². The van der Waals surface area contributed by atoms with Gasteiger partial charge < -0.3 is 0 Å². The van der Waals surface area contributed by atoms with Crippen LogP contribution in [0.5, 0.6) is 0 Å². The van der Waals surface area contributed by atoms with E-state index in [0.717, 1.165) is 16.4 Å². The Morgan fingerprint density at radius 1 is 1.14 bits per heavy atom. The van der Waals surface area contributed by atoms with E-state index in [2.05, 4.69) is 15.0 Å². The molecule has 0 atom stereocenters. The monoisotopic (exact) mass is 293 g/mol. The van der Waals surface area contributed by atoms with Crippen molar-refractivity contribution in [3.63, 3.8) is 0 Å². The zero-order valence-electron chi connectivity index (χ0n) is 11.0. The molecule has 3 aromatic heterocycles. The highest BCUT2D eigenvalue weighted by molar-refractivity contribution is 7.13. The van der Waals surface area contributed by atoms with Crippen LogP contribution in [0, 0.1) is 0 Å². The van der Waals surface area contributed by atoms with Crippen LogP contribution in [0.3, 0.4) is 0 Å². The molecule has 0 amide bonds. The van der Waals surface area contributed by atoms with Crippen molar-refractivity contribution >= 4 is 23.2 Å². The predicted octanol–water partition coefficient (Wildman–Crippen LogP) is 3.50. The smallest absolute Gasteiger partial charge is 0.187 e. The van der Waals surface area contributed by atoms with Gasteiger partial charge in [0, 0.05) is 29.5 Å². The molecule has 0 saturated carbocycles. The summed E-state index contributed by atoms with van der Waals surface area (Å²) in [5, 5.41) is 2.74. The Hall–Kier alpha value is -2.66. The summed E-state index contributed by atoms with van der Waals surface area (Å²) in [4.78, 5) is 24.6. The molecule has 0 spiro atoms. The summed E-state index contributed by atoms with van der Waals surface area (Å²) in [6, 6.07) is 9.17. The highest BCUT2D eigenvalue weighted by atomic mass is 32.1. The van der Waals surface area contributed by atoms with Crippen molar-refractivity contribution in [1.29, 1.82) is 0 Å². The molecular formula is C16H11N3OS. The van der Waals surface area contributed by atoms with Gasteiger partial charge in [-0.2, -0.15) is 0 Å². The lowest BCUT2D eigenvalue weighted by atomic mass is 10.2. The van der Waals surface area contributed by atoms with Crippen molar-refractivity contribution in [2.24, 2.45) is 0 Å². The van der Waals surface area contributed by atoms with Crippen molar-refractivity contribution in [3.8, 4) is 10.7 Å². The van der Waals surface area contributed by atoms with Crippen molar-refractivity contribution in [1.82, 2.24) is 15.0 Å². The van der Waals surface area contributed by atoms with Gasteiger partial charge in [0.2, 0.25) is 0 Å². The van der Waals surface area contributed by atoms with Gasteiger partial charge in [0.1, 0.15) is 5.01 Å². The van der Waals surface area contributed by atoms with Gasteiger partial charge in [-0.05, 0) is 36.4 Å². The van der Waals surface area contributed by atoms with Crippen molar-refractivity contribution in [3.05, 3.63) is 71.6 Å². The van der Waals surface area contributed by atoms with Crippen LogP contribution in [0.1, 0.15) is 16.1 Å². The van der Waals surface area contributed by atoms with E-state index in [0.29, 0.717) is 5.56 Å². The molecule has 3 rings (SSSR count). The van der Waals surface area contributed by atoms with E-state index in [1.54, 1.807) is 36.8 Å². The number of aromatic nitrogens is 3. The first kappa shape index (κ1) is 13.3. The molecule has 0 unspecified atom stereocenters. The fourth-order valence-electron chi connectivity index (χ4n) is 1.74. The fourth-order valence-corrected chi connectivity index (χ4v) is 2.50. The molecule has 21 heavy (non-hydrogen) atoms. The number of hydrogen-bond acceptors (Lipinski definition) is 5. The first-order chi connectivity index (χ1) is 10.3. The molecule has 102 valence electrons. The molecule has 0 aliphatic heterocycles. The van der Waals surface area contributed by atoms with Crippen LogP contribution < -0.4 is 0 Å². The van der Waals surface area contributed by atoms with Crippen LogP contribution in [0.15, 0.2) is 60.4 Å². The first-order valence-corrected chi connectivity index (χ1v) is 7.20. The molecule has 0 fully saturated rings. The molecule has 3 aromatic rings. The summed E-state index contributed by atoms with van der Waals surface area (Å²) in [5.74, 6) is -0.0875. The molecule has 0 bridgehead atoms. The maximum absolute atomic E-state index is 11.9. The van der Waals surface area contributed by atoms with Gasteiger partial charge in [0.25, 0.3) is 0 Å². The fraction of sp³-hybridized carbons (Fsp3) is 0. The second-order valence-corrected chi connectivity index (χ2v) is 5.09. The molecule has 0 N–H and O–H groups in total. The normalized spacial score (nSPS) is 10.9. The maximum Gasteiger partial charge on any atom is 0.187 e. The van der Waals surface area contributed by atoms with Crippen LogP contribution in [0.4, 0.5) is 0 Å². The number of allylic oxidation sites excluding steroid dienone is 1. The molecule has 5 heteroatoms. The van der Waals surface area contributed by atoms with E-state index in [-0.39, 0.29) is 5.78 Å². The number of ketones is 1. The van der Waals surface area contributed by atoms with Crippen molar-refractivity contribution in [2.45, 2.75) is 0 Å². The summed E-state index contributed by atoms with van der Waals surface area (Å²) in [6.45, 7) is 0. The molecule has 0 aliphatic carbocycles. The largest absolute Gasteiger partial charge is 0.289 e.